The minimum absolute atomic E-state index is 0. The lowest BCUT2D eigenvalue weighted by molar-refractivity contribution is -0.123. The molecule has 0 bridgehead atoms. The summed E-state index contributed by atoms with van der Waals surface area (Å²) in [6.45, 7) is 7.40. The number of anilines is 1. The maximum atomic E-state index is 13.1. The molecule has 0 spiro atoms. The van der Waals surface area contributed by atoms with Crippen LogP contribution in [-0.4, -0.2) is 31.2 Å². The third kappa shape index (κ3) is 6.42. The van der Waals surface area contributed by atoms with Crippen LogP contribution in [0.5, 0.6) is 0 Å². The van der Waals surface area contributed by atoms with Crippen LogP contribution in [0.25, 0.3) is 0 Å². The molecular formula is C21H35N3O2S2. The number of thioether (sulfide) groups is 1. The van der Waals surface area contributed by atoms with Crippen LogP contribution in [-0.2, 0) is 4.79 Å². The number of amides is 2. The molecule has 2 amide bonds. The van der Waals surface area contributed by atoms with E-state index in [-0.39, 0.29) is 31.2 Å². The van der Waals surface area contributed by atoms with Crippen LogP contribution < -0.4 is 16.4 Å². The van der Waals surface area contributed by atoms with Crippen molar-refractivity contribution in [1.29, 1.82) is 0 Å². The number of nitrogens with one attached hydrogen (secondary N) is 2. The Morgan fingerprint density at radius 2 is 2.00 bits per heavy atom. The van der Waals surface area contributed by atoms with E-state index in [0.29, 0.717) is 42.1 Å². The molecule has 7 heteroatoms. The second kappa shape index (κ2) is 11.7. The first kappa shape index (κ1) is 24.9. The molecule has 5 nitrogen and oxygen atoms in total. The van der Waals surface area contributed by atoms with Gasteiger partial charge in [-0.2, -0.15) is 13.5 Å². The number of hydrogen-bond acceptors (Lipinski definition) is 4. The van der Waals surface area contributed by atoms with E-state index in [0.717, 1.165) is 17.7 Å². The minimum atomic E-state index is -0.205. The molecule has 0 heterocycles. The molecule has 4 N–H and O–H groups in total. The Bertz CT molecular complexity index is 667. The van der Waals surface area contributed by atoms with Crippen molar-refractivity contribution in [2.24, 2.45) is 29.4 Å². The fourth-order valence-electron chi connectivity index (χ4n) is 3.96. The Morgan fingerprint density at radius 1 is 1.29 bits per heavy atom. The quantitative estimate of drug-likeness (QED) is 0.579. The predicted molar refractivity (Wildman–Crippen MR) is 123 cm³/mol. The highest BCUT2D eigenvalue weighted by Crippen LogP contribution is 2.38. The molecule has 0 aromatic heterocycles. The third-order valence-electron chi connectivity index (χ3n) is 5.52. The second-order valence-electron chi connectivity index (χ2n) is 7.88. The Morgan fingerprint density at radius 3 is 2.61 bits per heavy atom. The number of carbonyl (C=O) groups is 2. The van der Waals surface area contributed by atoms with Crippen LogP contribution in [0.15, 0.2) is 23.1 Å². The molecule has 1 aromatic carbocycles. The van der Waals surface area contributed by atoms with Gasteiger partial charge in [0.1, 0.15) is 0 Å². The molecule has 1 aromatic rings. The zero-order valence-electron chi connectivity index (χ0n) is 17.4. The topological polar surface area (TPSA) is 84.2 Å². The van der Waals surface area contributed by atoms with Gasteiger partial charge in [-0.25, -0.2) is 0 Å². The summed E-state index contributed by atoms with van der Waals surface area (Å²) in [5, 5.41) is 5.86. The maximum absolute atomic E-state index is 13.1. The molecule has 0 aliphatic heterocycles. The van der Waals surface area contributed by atoms with Gasteiger partial charge in [-0.15, -0.1) is 11.8 Å². The van der Waals surface area contributed by atoms with E-state index in [1.54, 1.807) is 11.8 Å². The largest absolute Gasteiger partial charge is 0.351 e. The van der Waals surface area contributed by atoms with Crippen LogP contribution >= 0.6 is 25.3 Å². The Kier molecular flexibility index (Phi) is 10.4. The first-order valence-corrected chi connectivity index (χ1v) is 11.1. The lowest BCUT2D eigenvalue weighted by Gasteiger charge is -2.36. The van der Waals surface area contributed by atoms with Gasteiger partial charge >= 0.3 is 0 Å². The maximum Gasteiger partial charge on any atom is 0.253 e. The van der Waals surface area contributed by atoms with Crippen molar-refractivity contribution in [2.75, 3.05) is 24.7 Å². The van der Waals surface area contributed by atoms with Gasteiger partial charge in [0.15, 0.2) is 0 Å². The van der Waals surface area contributed by atoms with E-state index >= 15 is 0 Å². The van der Waals surface area contributed by atoms with E-state index in [2.05, 4.69) is 31.4 Å². The molecule has 0 saturated heterocycles. The lowest BCUT2D eigenvalue weighted by atomic mass is 9.70. The van der Waals surface area contributed by atoms with Gasteiger partial charge in [-0.05, 0) is 55.1 Å². The van der Waals surface area contributed by atoms with Crippen LogP contribution in [0.1, 0.15) is 50.4 Å². The van der Waals surface area contributed by atoms with E-state index < -0.39 is 0 Å². The molecule has 2 rings (SSSR count). The summed E-state index contributed by atoms with van der Waals surface area (Å²) in [6.07, 6.45) is 5.14. The lowest BCUT2D eigenvalue weighted by Crippen LogP contribution is -2.37. The molecule has 0 unspecified atom stereocenters. The van der Waals surface area contributed by atoms with Gasteiger partial charge < -0.3 is 16.4 Å². The Hall–Kier alpha value is -1.18. The average molecular weight is 426 g/mol. The summed E-state index contributed by atoms with van der Waals surface area (Å²) in [4.78, 5) is 26.6. The van der Waals surface area contributed by atoms with Crippen LogP contribution in [0.3, 0.4) is 0 Å². The van der Waals surface area contributed by atoms with Crippen LogP contribution in [0.4, 0.5) is 5.69 Å². The smallest absolute Gasteiger partial charge is 0.253 e. The monoisotopic (exact) mass is 425 g/mol. The van der Waals surface area contributed by atoms with Crippen molar-refractivity contribution in [3.05, 3.63) is 23.8 Å². The zero-order chi connectivity index (χ0) is 20.0. The summed E-state index contributed by atoms with van der Waals surface area (Å²) >= 11 is 1.57. The van der Waals surface area contributed by atoms with E-state index in [1.807, 2.05) is 24.5 Å². The van der Waals surface area contributed by atoms with Crippen molar-refractivity contribution in [3.63, 3.8) is 0 Å². The number of carbonyl (C=O) groups excluding carboxylic acids is 2. The SMILES string of the molecule is CSc1ccc(NC(=O)[C@@H]2C[C@H](C)CC[C@H]2C(C)C)c(C(=O)NCCN)c1.S. The molecule has 1 saturated carbocycles. The Balaban J connectivity index is 0.00000392. The molecule has 1 aliphatic rings. The minimum Gasteiger partial charge on any atom is -0.351 e. The summed E-state index contributed by atoms with van der Waals surface area (Å²) in [5.74, 6) is 1.24. The highest BCUT2D eigenvalue weighted by molar-refractivity contribution is 7.98. The van der Waals surface area contributed by atoms with Crippen LogP contribution in [0.2, 0.25) is 0 Å². The van der Waals surface area contributed by atoms with Crippen LogP contribution in [0, 0.1) is 23.7 Å². The molecule has 3 atom stereocenters. The van der Waals surface area contributed by atoms with E-state index in [1.165, 1.54) is 6.42 Å². The number of hydrogen-bond donors (Lipinski definition) is 3. The molecule has 1 fully saturated rings. The van der Waals surface area contributed by atoms with Crippen molar-refractivity contribution in [1.82, 2.24) is 5.32 Å². The van der Waals surface area contributed by atoms with Gasteiger partial charge in [-0.3, -0.25) is 9.59 Å². The molecular weight excluding hydrogens is 390 g/mol. The van der Waals surface area contributed by atoms with E-state index in [4.69, 9.17) is 5.73 Å². The number of rotatable bonds is 7. The fourth-order valence-corrected chi connectivity index (χ4v) is 4.40. The summed E-state index contributed by atoms with van der Waals surface area (Å²) in [5.41, 5.74) is 6.57. The van der Waals surface area contributed by atoms with Crippen molar-refractivity contribution in [3.8, 4) is 0 Å². The van der Waals surface area contributed by atoms with Gasteiger partial charge in [0.05, 0.1) is 11.3 Å². The zero-order valence-corrected chi connectivity index (χ0v) is 19.2. The number of nitrogens with two attached hydrogens (primary N) is 1. The highest BCUT2D eigenvalue weighted by Gasteiger charge is 2.35. The first-order chi connectivity index (χ1) is 12.9. The Labute approximate surface area is 180 Å². The van der Waals surface area contributed by atoms with Gasteiger partial charge in [0, 0.05) is 23.9 Å². The first-order valence-electron chi connectivity index (χ1n) is 9.84. The summed E-state index contributed by atoms with van der Waals surface area (Å²) in [6, 6.07) is 5.59. The molecule has 0 radical (unpaired) electrons. The van der Waals surface area contributed by atoms with E-state index in [9.17, 15) is 9.59 Å². The predicted octanol–water partition coefficient (Wildman–Crippen LogP) is 3.86. The normalized spacial score (nSPS) is 21.7. The van der Waals surface area contributed by atoms with Crippen molar-refractivity contribution < 1.29 is 9.59 Å². The molecule has 158 valence electrons. The molecule has 28 heavy (non-hydrogen) atoms. The van der Waals surface area contributed by atoms with Gasteiger partial charge in [0.25, 0.3) is 5.91 Å². The molecule has 1 aliphatic carbocycles. The highest BCUT2D eigenvalue weighted by atomic mass is 32.2. The standard InChI is InChI=1S/C21H33N3O2S.H2S/c1-13(2)16-7-5-14(3)11-17(16)21(26)24-19-8-6-15(27-4)12-18(19)20(25)23-10-9-22;/h6,8,12-14,16-17H,5,7,9-11,22H2,1-4H3,(H,23,25)(H,24,26);1H2/t14-,16+,17-;/m1./s1. The third-order valence-corrected chi connectivity index (χ3v) is 6.24. The van der Waals surface area contributed by atoms with Gasteiger partial charge in [-0.1, -0.05) is 27.2 Å². The number of benzene rings is 1. The van der Waals surface area contributed by atoms with Gasteiger partial charge in [0.2, 0.25) is 5.91 Å². The summed E-state index contributed by atoms with van der Waals surface area (Å²) < 4.78 is 0. The van der Waals surface area contributed by atoms with Crippen molar-refractivity contribution in [2.45, 2.75) is 44.9 Å². The second-order valence-corrected chi connectivity index (χ2v) is 8.76. The fraction of sp³-hybridized carbons (Fsp3) is 0.619. The summed E-state index contributed by atoms with van der Waals surface area (Å²) in [7, 11) is 0. The van der Waals surface area contributed by atoms with Crippen molar-refractivity contribution >= 4 is 42.8 Å². The average Bonchev–Trinajstić information content (AvgIpc) is 2.65.